The van der Waals surface area contributed by atoms with Gasteiger partial charge < -0.3 is 9.47 Å². The zero-order valence-electron chi connectivity index (χ0n) is 16.9. The standard InChI is InChI=1S/C23H23N5O/c1-15-8-9-20(13-24-15)28-23(29)22-17(3)27(16(2)21(22)14-25-28)19-7-4-6-18(12-19)26-10-5-11-26/h4,6-9,12-14H,5,10-11H2,1-3H3. The van der Waals surface area contributed by atoms with Gasteiger partial charge in [-0.3, -0.25) is 9.78 Å². The molecule has 6 heteroatoms. The smallest absolute Gasteiger partial charge is 0.281 e. The van der Waals surface area contributed by atoms with Gasteiger partial charge in [-0.05, 0) is 57.5 Å². The second-order valence-corrected chi connectivity index (χ2v) is 7.67. The molecule has 4 heterocycles. The van der Waals surface area contributed by atoms with Crippen LogP contribution >= 0.6 is 0 Å². The summed E-state index contributed by atoms with van der Waals surface area (Å²) in [7, 11) is 0. The first-order valence-electron chi connectivity index (χ1n) is 9.93. The number of pyridine rings is 1. The monoisotopic (exact) mass is 385 g/mol. The molecule has 146 valence electrons. The fourth-order valence-electron chi connectivity index (χ4n) is 4.12. The van der Waals surface area contributed by atoms with Gasteiger partial charge in [-0.15, -0.1) is 0 Å². The van der Waals surface area contributed by atoms with Gasteiger partial charge in [0.25, 0.3) is 5.56 Å². The predicted octanol–water partition coefficient (Wildman–Crippen LogP) is 3.71. The Bertz CT molecular complexity index is 1280. The maximum absolute atomic E-state index is 13.3. The van der Waals surface area contributed by atoms with E-state index in [1.807, 2.05) is 32.9 Å². The average Bonchev–Trinajstić information content (AvgIpc) is 2.93. The van der Waals surface area contributed by atoms with E-state index < -0.39 is 0 Å². The molecule has 0 unspecified atom stereocenters. The summed E-state index contributed by atoms with van der Waals surface area (Å²) in [6.07, 6.45) is 4.72. The lowest BCUT2D eigenvalue weighted by Gasteiger charge is -2.33. The fourth-order valence-corrected chi connectivity index (χ4v) is 4.12. The molecule has 1 aliphatic heterocycles. The van der Waals surface area contributed by atoms with Crippen LogP contribution in [0.4, 0.5) is 5.69 Å². The highest BCUT2D eigenvalue weighted by atomic mass is 16.1. The van der Waals surface area contributed by atoms with E-state index in [0.717, 1.165) is 41.2 Å². The van der Waals surface area contributed by atoms with Gasteiger partial charge in [0.05, 0.1) is 23.5 Å². The predicted molar refractivity (Wildman–Crippen MR) is 116 cm³/mol. The van der Waals surface area contributed by atoms with Crippen molar-refractivity contribution in [3.8, 4) is 11.4 Å². The van der Waals surface area contributed by atoms with E-state index in [1.165, 1.54) is 16.8 Å². The van der Waals surface area contributed by atoms with Crippen molar-refractivity contribution in [1.82, 2.24) is 19.3 Å². The maximum atomic E-state index is 13.3. The third-order valence-electron chi connectivity index (χ3n) is 5.85. The number of fused-ring (bicyclic) bond motifs is 1. The number of rotatable bonds is 3. The summed E-state index contributed by atoms with van der Waals surface area (Å²) in [5, 5.41) is 6.01. The Morgan fingerprint density at radius 3 is 2.38 bits per heavy atom. The number of anilines is 1. The van der Waals surface area contributed by atoms with E-state index in [4.69, 9.17) is 0 Å². The molecule has 0 radical (unpaired) electrons. The van der Waals surface area contributed by atoms with Crippen molar-refractivity contribution in [3.05, 3.63) is 76.2 Å². The third-order valence-corrected chi connectivity index (χ3v) is 5.85. The molecule has 1 saturated heterocycles. The van der Waals surface area contributed by atoms with Gasteiger partial charge in [0.15, 0.2) is 0 Å². The van der Waals surface area contributed by atoms with Crippen molar-refractivity contribution in [3.63, 3.8) is 0 Å². The van der Waals surface area contributed by atoms with E-state index in [0.29, 0.717) is 11.1 Å². The van der Waals surface area contributed by atoms with Crippen LogP contribution in [0.25, 0.3) is 22.1 Å². The summed E-state index contributed by atoms with van der Waals surface area (Å²) in [6, 6.07) is 12.3. The molecule has 1 aliphatic rings. The summed E-state index contributed by atoms with van der Waals surface area (Å²) in [4.78, 5) is 20.0. The van der Waals surface area contributed by atoms with E-state index >= 15 is 0 Å². The second kappa shape index (κ2) is 6.58. The van der Waals surface area contributed by atoms with Gasteiger partial charge in [0, 0.05) is 46.9 Å². The molecule has 3 aromatic heterocycles. The van der Waals surface area contributed by atoms with E-state index in [2.05, 4.69) is 43.8 Å². The summed E-state index contributed by atoms with van der Waals surface area (Å²) in [5.41, 5.74) is 5.72. The van der Waals surface area contributed by atoms with E-state index in [1.54, 1.807) is 12.4 Å². The topological polar surface area (TPSA) is 56.0 Å². The van der Waals surface area contributed by atoms with Gasteiger partial charge in [0.1, 0.15) is 0 Å². The highest BCUT2D eigenvalue weighted by Gasteiger charge is 2.19. The van der Waals surface area contributed by atoms with Gasteiger partial charge in [-0.25, -0.2) is 0 Å². The normalized spacial score (nSPS) is 13.7. The summed E-state index contributed by atoms with van der Waals surface area (Å²) in [5.74, 6) is 0. The molecule has 0 atom stereocenters. The Labute approximate surface area is 169 Å². The average molecular weight is 385 g/mol. The largest absolute Gasteiger partial charge is 0.371 e. The summed E-state index contributed by atoms with van der Waals surface area (Å²) in [6.45, 7) is 8.18. The Balaban J connectivity index is 1.69. The number of hydrogen-bond donors (Lipinski definition) is 0. The van der Waals surface area contributed by atoms with Crippen LogP contribution in [-0.4, -0.2) is 32.4 Å². The van der Waals surface area contributed by atoms with Crippen LogP contribution in [0.1, 0.15) is 23.5 Å². The number of hydrogen-bond acceptors (Lipinski definition) is 4. The first kappa shape index (κ1) is 17.7. The fraction of sp³-hybridized carbons (Fsp3) is 0.261. The molecule has 0 aliphatic carbocycles. The molecule has 6 nitrogen and oxygen atoms in total. The van der Waals surface area contributed by atoms with Crippen molar-refractivity contribution >= 4 is 16.5 Å². The Morgan fingerprint density at radius 1 is 0.897 bits per heavy atom. The number of nitrogens with zero attached hydrogens (tertiary/aromatic N) is 5. The lowest BCUT2D eigenvalue weighted by Crippen LogP contribution is -2.36. The first-order chi connectivity index (χ1) is 14.0. The molecular weight excluding hydrogens is 362 g/mol. The summed E-state index contributed by atoms with van der Waals surface area (Å²) >= 11 is 0. The Morgan fingerprint density at radius 2 is 1.69 bits per heavy atom. The van der Waals surface area contributed by atoms with Gasteiger partial charge >= 0.3 is 0 Å². The van der Waals surface area contributed by atoms with Crippen molar-refractivity contribution in [1.29, 1.82) is 0 Å². The van der Waals surface area contributed by atoms with E-state index in [-0.39, 0.29) is 5.56 Å². The van der Waals surface area contributed by atoms with Crippen molar-refractivity contribution in [2.45, 2.75) is 27.2 Å². The number of benzene rings is 1. The van der Waals surface area contributed by atoms with Crippen LogP contribution in [0.5, 0.6) is 0 Å². The van der Waals surface area contributed by atoms with Crippen LogP contribution in [0.15, 0.2) is 53.6 Å². The Hall–Kier alpha value is -3.41. The summed E-state index contributed by atoms with van der Waals surface area (Å²) < 4.78 is 3.59. The van der Waals surface area contributed by atoms with Gasteiger partial charge in [0.2, 0.25) is 0 Å². The molecule has 0 N–H and O–H groups in total. The van der Waals surface area contributed by atoms with Crippen LogP contribution in [0.3, 0.4) is 0 Å². The second-order valence-electron chi connectivity index (χ2n) is 7.67. The zero-order chi connectivity index (χ0) is 20.1. The van der Waals surface area contributed by atoms with Crippen molar-refractivity contribution in [2.24, 2.45) is 0 Å². The lowest BCUT2D eigenvalue weighted by atomic mass is 10.1. The molecule has 0 amide bonds. The van der Waals surface area contributed by atoms with Gasteiger partial charge in [-0.1, -0.05) is 6.07 Å². The molecule has 0 spiro atoms. The molecular formula is C23H23N5O. The number of aromatic nitrogens is 4. The van der Waals surface area contributed by atoms with Crippen LogP contribution in [0.2, 0.25) is 0 Å². The number of aryl methyl sites for hydroxylation is 3. The first-order valence-corrected chi connectivity index (χ1v) is 9.93. The van der Waals surface area contributed by atoms with Crippen LogP contribution in [0, 0.1) is 20.8 Å². The highest BCUT2D eigenvalue weighted by molar-refractivity contribution is 5.88. The van der Waals surface area contributed by atoms with Crippen LogP contribution in [-0.2, 0) is 0 Å². The SMILES string of the molecule is Cc1ccc(-n2ncc3c(C)n(-c4cccc(N5CCC5)c4)c(C)c3c2=O)cn1. The lowest BCUT2D eigenvalue weighted by molar-refractivity contribution is 0.617. The minimum atomic E-state index is -0.119. The molecule has 4 aromatic rings. The minimum Gasteiger partial charge on any atom is -0.371 e. The minimum absolute atomic E-state index is 0.119. The quantitative estimate of drug-likeness (QED) is 0.540. The molecule has 1 fully saturated rings. The third kappa shape index (κ3) is 2.75. The molecule has 5 rings (SSSR count). The molecule has 29 heavy (non-hydrogen) atoms. The maximum Gasteiger partial charge on any atom is 0.281 e. The van der Waals surface area contributed by atoms with Gasteiger partial charge in [-0.2, -0.15) is 9.78 Å². The highest BCUT2D eigenvalue weighted by Crippen LogP contribution is 2.29. The van der Waals surface area contributed by atoms with E-state index in [9.17, 15) is 4.79 Å². The van der Waals surface area contributed by atoms with Crippen molar-refractivity contribution in [2.75, 3.05) is 18.0 Å². The Kier molecular flexibility index (Phi) is 4.01. The molecule has 1 aromatic carbocycles. The molecule has 0 saturated carbocycles. The van der Waals surface area contributed by atoms with Crippen LogP contribution < -0.4 is 10.5 Å². The van der Waals surface area contributed by atoms with Crippen molar-refractivity contribution < 1.29 is 0 Å². The zero-order valence-corrected chi connectivity index (χ0v) is 16.9. The molecule has 0 bridgehead atoms.